The highest BCUT2D eigenvalue weighted by Crippen LogP contribution is 2.21. The van der Waals surface area contributed by atoms with Crippen LogP contribution in [0.1, 0.15) is 18.3 Å². The van der Waals surface area contributed by atoms with Crippen LogP contribution in [0, 0.1) is 13.8 Å². The first kappa shape index (κ1) is 17.7. The summed E-state index contributed by atoms with van der Waals surface area (Å²) < 4.78 is 3.09. The fraction of sp³-hybridized carbons (Fsp3) is 0.350. The van der Waals surface area contributed by atoms with Crippen molar-refractivity contribution in [1.82, 2.24) is 34.5 Å². The van der Waals surface area contributed by atoms with Crippen molar-refractivity contribution in [2.75, 3.05) is 24.5 Å². The van der Waals surface area contributed by atoms with Crippen LogP contribution in [0.5, 0.6) is 0 Å². The van der Waals surface area contributed by atoms with E-state index in [9.17, 15) is 4.79 Å². The summed E-state index contributed by atoms with van der Waals surface area (Å²) in [5.74, 6) is 0.645. The summed E-state index contributed by atoms with van der Waals surface area (Å²) in [7, 11) is 0. The number of piperazine rings is 1. The van der Waals surface area contributed by atoms with Crippen LogP contribution >= 0.6 is 0 Å². The van der Waals surface area contributed by atoms with Gasteiger partial charge >= 0.3 is 0 Å². The van der Waals surface area contributed by atoms with E-state index in [-0.39, 0.29) is 5.56 Å². The molecule has 5 rings (SSSR count). The number of aryl methyl sites for hydroxylation is 2. The van der Waals surface area contributed by atoms with E-state index in [1.54, 1.807) is 4.40 Å². The third-order valence-electron chi connectivity index (χ3n) is 5.24. The zero-order chi connectivity index (χ0) is 20.1. The summed E-state index contributed by atoms with van der Waals surface area (Å²) in [5.41, 5.74) is 4.27. The predicted molar refractivity (Wildman–Crippen MR) is 110 cm³/mol. The van der Waals surface area contributed by atoms with Crippen molar-refractivity contribution in [3.05, 3.63) is 52.2 Å². The topological polar surface area (TPSA) is 92.7 Å². The minimum absolute atomic E-state index is 0.130. The normalized spacial score (nSPS) is 17.3. The number of anilines is 1. The summed E-state index contributed by atoms with van der Waals surface area (Å²) in [4.78, 5) is 24.2. The Morgan fingerprint density at radius 2 is 1.97 bits per heavy atom. The Morgan fingerprint density at radius 1 is 1.10 bits per heavy atom. The Hall–Kier alpha value is -3.33. The average molecular weight is 390 g/mol. The molecule has 9 nitrogen and oxygen atoms in total. The lowest BCUT2D eigenvalue weighted by molar-refractivity contribution is 0.484. The summed E-state index contributed by atoms with van der Waals surface area (Å²) in [6.45, 7) is 8.72. The number of hydrogen-bond acceptors (Lipinski definition) is 7. The maximum absolute atomic E-state index is 12.9. The molecule has 29 heavy (non-hydrogen) atoms. The molecule has 0 spiro atoms. The third kappa shape index (κ3) is 3.13. The lowest BCUT2D eigenvalue weighted by atomic mass is 10.2. The van der Waals surface area contributed by atoms with Crippen LogP contribution in [0.3, 0.4) is 0 Å². The van der Waals surface area contributed by atoms with Gasteiger partial charge in [0.25, 0.3) is 5.56 Å². The minimum atomic E-state index is -0.130. The van der Waals surface area contributed by atoms with Crippen molar-refractivity contribution in [2.24, 2.45) is 0 Å². The van der Waals surface area contributed by atoms with Gasteiger partial charge in [-0.15, -0.1) is 14.8 Å². The number of fused-ring (bicyclic) bond motifs is 2. The van der Waals surface area contributed by atoms with E-state index in [1.807, 2.05) is 32.2 Å². The molecule has 4 aromatic rings. The SMILES string of the molecule is Cc1nc2ccc(-c3cc(=O)n4cc(N5CCN[C@@H](C)C5)cc(C)c4n3)nn2n1. The second-order valence-electron chi connectivity index (χ2n) is 7.58. The van der Waals surface area contributed by atoms with Crippen LogP contribution in [0.15, 0.2) is 35.3 Å². The monoisotopic (exact) mass is 390 g/mol. The first-order valence-corrected chi connectivity index (χ1v) is 9.71. The fourth-order valence-corrected chi connectivity index (χ4v) is 3.85. The highest BCUT2D eigenvalue weighted by atomic mass is 16.1. The van der Waals surface area contributed by atoms with E-state index in [4.69, 9.17) is 4.98 Å². The summed E-state index contributed by atoms with van der Waals surface area (Å²) in [6.07, 6.45) is 1.89. The molecule has 1 fully saturated rings. The first-order valence-electron chi connectivity index (χ1n) is 9.71. The standard InChI is InChI=1S/C20H22N8O/c1-12-8-15(26-7-6-21-13(2)10-26)11-27-19(29)9-17(23-20(12)27)16-4-5-18-22-14(3)24-28(18)25-16/h4-5,8-9,11,13,21H,6-7,10H2,1-3H3/t13-/m0/s1. The first-order chi connectivity index (χ1) is 14.0. The Labute approximate surface area is 167 Å². The molecule has 0 amide bonds. The predicted octanol–water partition coefficient (Wildman–Crippen LogP) is 1.21. The van der Waals surface area contributed by atoms with Gasteiger partial charge in [0.15, 0.2) is 5.65 Å². The van der Waals surface area contributed by atoms with Crippen LogP contribution in [-0.2, 0) is 0 Å². The van der Waals surface area contributed by atoms with Crippen molar-refractivity contribution < 1.29 is 0 Å². The summed E-state index contributed by atoms with van der Waals surface area (Å²) in [6, 6.07) is 7.68. The van der Waals surface area contributed by atoms with E-state index in [1.165, 1.54) is 10.7 Å². The molecule has 5 heterocycles. The van der Waals surface area contributed by atoms with E-state index >= 15 is 0 Å². The molecule has 9 heteroatoms. The van der Waals surface area contributed by atoms with Crippen molar-refractivity contribution in [3.63, 3.8) is 0 Å². The molecule has 4 aromatic heterocycles. The Kier molecular flexibility index (Phi) is 4.06. The number of hydrogen-bond donors (Lipinski definition) is 1. The molecular weight excluding hydrogens is 368 g/mol. The van der Waals surface area contributed by atoms with Crippen molar-refractivity contribution in [1.29, 1.82) is 0 Å². The van der Waals surface area contributed by atoms with Crippen LogP contribution < -0.4 is 15.8 Å². The van der Waals surface area contributed by atoms with Crippen LogP contribution in [-0.4, -0.2) is 54.9 Å². The highest BCUT2D eigenvalue weighted by molar-refractivity contribution is 5.63. The zero-order valence-electron chi connectivity index (χ0n) is 16.6. The maximum atomic E-state index is 12.9. The maximum Gasteiger partial charge on any atom is 0.258 e. The van der Waals surface area contributed by atoms with Gasteiger partial charge in [-0.2, -0.15) is 0 Å². The minimum Gasteiger partial charge on any atom is -0.368 e. The number of aromatic nitrogens is 6. The van der Waals surface area contributed by atoms with E-state index < -0.39 is 0 Å². The molecule has 0 radical (unpaired) electrons. The molecular formula is C20H22N8O. The summed E-state index contributed by atoms with van der Waals surface area (Å²) in [5, 5.41) is 12.1. The van der Waals surface area contributed by atoms with Gasteiger partial charge in [0, 0.05) is 37.9 Å². The molecule has 0 unspecified atom stereocenters. The van der Waals surface area contributed by atoms with E-state index in [0.717, 1.165) is 30.9 Å². The molecule has 1 saturated heterocycles. The van der Waals surface area contributed by atoms with Gasteiger partial charge in [0.1, 0.15) is 17.2 Å². The van der Waals surface area contributed by atoms with Gasteiger partial charge in [-0.05, 0) is 44.5 Å². The average Bonchev–Trinajstić information content (AvgIpc) is 3.07. The highest BCUT2D eigenvalue weighted by Gasteiger charge is 2.18. The van der Waals surface area contributed by atoms with Gasteiger partial charge < -0.3 is 10.2 Å². The Morgan fingerprint density at radius 3 is 2.79 bits per heavy atom. The molecule has 0 bridgehead atoms. The molecule has 0 saturated carbocycles. The van der Waals surface area contributed by atoms with Gasteiger partial charge in [-0.3, -0.25) is 9.20 Å². The number of rotatable bonds is 2. The second kappa shape index (κ2) is 6.63. The Balaban J connectivity index is 1.61. The lowest BCUT2D eigenvalue weighted by Crippen LogP contribution is -2.49. The quantitative estimate of drug-likeness (QED) is 0.550. The zero-order valence-corrected chi connectivity index (χ0v) is 16.6. The molecule has 1 aliphatic rings. The van der Waals surface area contributed by atoms with Crippen LogP contribution in [0.25, 0.3) is 22.7 Å². The number of nitrogens with one attached hydrogen (secondary N) is 1. The van der Waals surface area contributed by atoms with Gasteiger partial charge in [0.05, 0.1) is 11.4 Å². The smallest absolute Gasteiger partial charge is 0.258 e. The molecule has 0 aromatic carbocycles. The third-order valence-corrected chi connectivity index (χ3v) is 5.24. The van der Waals surface area contributed by atoms with Crippen molar-refractivity contribution >= 4 is 17.0 Å². The van der Waals surface area contributed by atoms with Gasteiger partial charge in [-0.1, -0.05) is 0 Å². The molecule has 1 atom stereocenters. The lowest BCUT2D eigenvalue weighted by Gasteiger charge is -2.33. The number of pyridine rings is 1. The molecule has 148 valence electrons. The van der Waals surface area contributed by atoms with Crippen molar-refractivity contribution in [3.8, 4) is 11.4 Å². The number of nitrogens with zero attached hydrogens (tertiary/aromatic N) is 7. The molecule has 1 N–H and O–H groups in total. The largest absolute Gasteiger partial charge is 0.368 e. The van der Waals surface area contributed by atoms with Crippen LogP contribution in [0.2, 0.25) is 0 Å². The van der Waals surface area contributed by atoms with Gasteiger partial charge in [-0.25, -0.2) is 9.97 Å². The Bertz CT molecular complexity index is 1290. The molecule has 0 aliphatic carbocycles. The van der Waals surface area contributed by atoms with Crippen LogP contribution in [0.4, 0.5) is 5.69 Å². The van der Waals surface area contributed by atoms with E-state index in [0.29, 0.717) is 34.5 Å². The summed E-state index contributed by atoms with van der Waals surface area (Å²) >= 11 is 0. The van der Waals surface area contributed by atoms with E-state index in [2.05, 4.69) is 38.4 Å². The fourth-order valence-electron chi connectivity index (χ4n) is 3.85. The second-order valence-corrected chi connectivity index (χ2v) is 7.58. The van der Waals surface area contributed by atoms with Crippen molar-refractivity contribution in [2.45, 2.75) is 26.8 Å². The molecule has 1 aliphatic heterocycles. The van der Waals surface area contributed by atoms with Gasteiger partial charge in [0.2, 0.25) is 0 Å².